The number of benzene rings is 1. The van der Waals surface area contributed by atoms with Gasteiger partial charge in [0.25, 0.3) is 0 Å². The summed E-state index contributed by atoms with van der Waals surface area (Å²) >= 11 is 0. The molecule has 16 heavy (non-hydrogen) atoms. The van der Waals surface area contributed by atoms with Gasteiger partial charge in [0.15, 0.2) is 0 Å². The van der Waals surface area contributed by atoms with Crippen LogP contribution in [-0.2, 0) is 22.6 Å². The lowest BCUT2D eigenvalue weighted by molar-refractivity contribution is 0.563. The molecule has 0 aromatic heterocycles. The van der Waals surface area contributed by atoms with Gasteiger partial charge in [-0.25, -0.2) is 14.6 Å². The molecule has 0 amide bonds. The molecule has 0 radical (unpaired) electrons. The van der Waals surface area contributed by atoms with Gasteiger partial charge in [-0.05, 0) is 12.0 Å². The summed E-state index contributed by atoms with van der Waals surface area (Å²) in [7, 11) is 0. The molecule has 1 rings (SSSR count). The molecule has 1 aromatic rings. The molecule has 0 atom stereocenters. The summed E-state index contributed by atoms with van der Waals surface area (Å²) in [6, 6.07) is 5.41. The number of allylic oxidation sites excluding steroid dienone is 1. The first-order chi connectivity index (χ1) is 7.83. The fraction of sp³-hybridized carbons (Fsp3) is 0.167. The van der Waals surface area contributed by atoms with Crippen LogP contribution in [0.3, 0.4) is 0 Å². The number of rotatable bonds is 5. The molecule has 80 valence electrons. The third-order valence-electron chi connectivity index (χ3n) is 2.04. The van der Waals surface area contributed by atoms with E-state index in [2.05, 4.69) is 16.6 Å². The maximum atomic E-state index is 10.3. The summed E-state index contributed by atoms with van der Waals surface area (Å²) in [5.74, 6) is 0. The Balaban J connectivity index is 3.24. The molecule has 0 heterocycles. The second-order valence-electron chi connectivity index (χ2n) is 3.03. The quantitative estimate of drug-likeness (QED) is 0.428. The van der Waals surface area contributed by atoms with Crippen molar-refractivity contribution in [2.24, 2.45) is 9.98 Å². The van der Waals surface area contributed by atoms with E-state index in [4.69, 9.17) is 0 Å². The van der Waals surface area contributed by atoms with Crippen molar-refractivity contribution in [1.29, 1.82) is 0 Å². The highest BCUT2D eigenvalue weighted by molar-refractivity contribution is 5.59. The number of nitrogens with zero attached hydrogens (tertiary/aromatic N) is 2. The molecule has 0 bridgehead atoms. The fourth-order valence-corrected chi connectivity index (χ4v) is 1.40. The van der Waals surface area contributed by atoms with Gasteiger partial charge in [-0.1, -0.05) is 24.3 Å². The molecule has 0 aliphatic carbocycles. The third-order valence-corrected chi connectivity index (χ3v) is 2.04. The Kier molecular flexibility index (Phi) is 4.61. The van der Waals surface area contributed by atoms with E-state index >= 15 is 0 Å². The van der Waals surface area contributed by atoms with E-state index in [-0.39, 0.29) is 6.54 Å². The van der Waals surface area contributed by atoms with E-state index in [0.29, 0.717) is 17.7 Å². The second-order valence-corrected chi connectivity index (χ2v) is 3.03. The van der Waals surface area contributed by atoms with E-state index in [1.807, 2.05) is 12.1 Å². The van der Waals surface area contributed by atoms with Gasteiger partial charge >= 0.3 is 0 Å². The highest BCUT2D eigenvalue weighted by Crippen LogP contribution is 2.25. The zero-order valence-corrected chi connectivity index (χ0v) is 8.64. The minimum absolute atomic E-state index is 0.162. The summed E-state index contributed by atoms with van der Waals surface area (Å²) < 4.78 is 0. The van der Waals surface area contributed by atoms with Gasteiger partial charge in [0.1, 0.15) is 0 Å². The molecular formula is C12H10N2O2. The number of hydrogen-bond acceptors (Lipinski definition) is 4. The van der Waals surface area contributed by atoms with E-state index in [1.54, 1.807) is 12.1 Å². The van der Waals surface area contributed by atoms with Crippen molar-refractivity contribution in [2.75, 3.05) is 0 Å². The lowest BCUT2D eigenvalue weighted by atomic mass is 10.0. The van der Waals surface area contributed by atoms with E-state index in [0.717, 1.165) is 5.56 Å². The summed E-state index contributed by atoms with van der Waals surface area (Å²) in [6.45, 7) is 3.78. The van der Waals surface area contributed by atoms with Gasteiger partial charge in [0.2, 0.25) is 12.2 Å². The van der Waals surface area contributed by atoms with Gasteiger partial charge in [-0.15, -0.1) is 6.58 Å². The van der Waals surface area contributed by atoms with Gasteiger partial charge in [-0.2, -0.15) is 4.99 Å². The first-order valence-electron chi connectivity index (χ1n) is 4.66. The maximum absolute atomic E-state index is 10.3. The number of carbonyl (C=O) groups excluding carboxylic acids is 2. The Morgan fingerprint density at radius 2 is 2.00 bits per heavy atom. The standard InChI is InChI=1S/C12H10N2O2/c1-2-4-10-5-3-6-11(7-13-8-15)12(10)14-9-16/h2-3,5-6H,1,4,7H2. The van der Waals surface area contributed by atoms with Crippen molar-refractivity contribution >= 4 is 17.8 Å². The molecule has 0 saturated carbocycles. The summed E-state index contributed by atoms with van der Waals surface area (Å²) in [5, 5.41) is 0. The second kappa shape index (κ2) is 6.25. The average Bonchev–Trinajstić information content (AvgIpc) is 2.30. The van der Waals surface area contributed by atoms with Crippen molar-refractivity contribution in [2.45, 2.75) is 13.0 Å². The minimum atomic E-state index is 0.162. The van der Waals surface area contributed by atoms with Crippen molar-refractivity contribution in [3.8, 4) is 0 Å². The van der Waals surface area contributed by atoms with Crippen molar-refractivity contribution < 1.29 is 9.59 Å². The van der Waals surface area contributed by atoms with Crippen LogP contribution in [0.15, 0.2) is 40.8 Å². The van der Waals surface area contributed by atoms with Gasteiger partial charge < -0.3 is 0 Å². The van der Waals surface area contributed by atoms with Crippen LogP contribution in [-0.4, -0.2) is 12.2 Å². The smallest absolute Gasteiger partial charge is 0.211 e. The van der Waals surface area contributed by atoms with Crippen LogP contribution in [0.2, 0.25) is 0 Å². The van der Waals surface area contributed by atoms with Crippen LogP contribution in [0, 0.1) is 0 Å². The molecule has 0 aliphatic rings. The molecule has 0 fully saturated rings. The van der Waals surface area contributed by atoms with Crippen LogP contribution in [0.4, 0.5) is 5.69 Å². The Labute approximate surface area is 93.0 Å². The highest BCUT2D eigenvalue weighted by Gasteiger charge is 2.05. The van der Waals surface area contributed by atoms with Crippen LogP contribution < -0.4 is 0 Å². The zero-order valence-electron chi connectivity index (χ0n) is 8.64. The molecule has 0 aliphatic heterocycles. The normalized spacial score (nSPS) is 8.75. The number of hydrogen-bond donors (Lipinski definition) is 0. The Morgan fingerprint density at radius 1 is 1.25 bits per heavy atom. The third kappa shape index (κ3) is 2.85. The zero-order chi connectivity index (χ0) is 11.8. The lowest BCUT2D eigenvalue weighted by Gasteiger charge is -2.05. The molecule has 4 heteroatoms. The summed E-state index contributed by atoms with van der Waals surface area (Å²) in [4.78, 5) is 27.5. The maximum Gasteiger partial charge on any atom is 0.240 e. The molecule has 0 unspecified atom stereocenters. The molecule has 0 spiro atoms. The Bertz CT molecular complexity index is 482. The molecular weight excluding hydrogens is 204 g/mol. The monoisotopic (exact) mass is 214 g/mol. The first kappa shape index (κ1) is 11.8. The predicted octanol–water partition coefficient (Wildman–Crippen LogP) is 2.22. The average molecular weight is 214 g/mol. The lowest BCUT2D eigenvalue weighted by Crippen LogP contribution is -1.89. The topological polar surface area (TPSA) is 58.9 Å². The van der Waals surface area contributed by atoms with Crippen molar-refractivity contribution in [3.05, 3.63) is 42.0 Å². The number of aliphatic imine (C=N–C) groups is 2. The Hall–Kier alpha value is -2.28. The number of para-hydroxylation sites is 1. The van der Waals surface area contributed by atoms with Crippen LogP contribution >= 0.6 is 0 Å². The van der Waals surface area contributed by atoms with Crippen molar-refractivity contribution in [3.63, 3.8) is 0 Å². The molecule has 0 saturated heterocycles. The van der Waals surface area contributed by atoms with Gasteiger partial charge in [0, 0.05) is 5.56 Å². The molecule has 0 N–H and O–H groups in total. The summed E-state index contributed by atoms with van der Waals surface area (Å²) in [6.07, 6.45) is 5.26. The van der Waals surface area contributed by atoms with Crippen molar-refractivity contribution in [1.82, 2.24) is 0 Å². The predicted molar refractivity (Wildman–Crippen MR) is 60.0 cm³/mol. The van der Waals surface area contributed by atoms with Gasteiger partial charge in [0.05, 0.1) is 12.2 Å². The largest absolute Gasteiger partial charge is 0.240 e. The minimum Gasteiger partial charge on any atom is -0.211 e. The molecule has 1 aromatic carbocycles. The van der Waals surface area contributed by atoms with Crippen LogP contribution in [0.1, 0.15) is 11.1 Å². The summed E-state index contributed by atoms with van der Waals surface area (Å²) in [5.41, 5.74) is 2.07. The van der Waals surface area contributed by atoms with Gasteiger partial charge in [-0.3, -0.25) is 0 Å². The van der Waals surface area contributed by atoms with Crippen LogP contribution in [0.25, 0.3) is 0 Å². The first-order valence-corrected chi connectivity index (χ1v) is 4.66. The van der Waals surface area contributed by atoms with E-state index < -0.39 is 0 Å². The SMILES string of the molecule is C=CCc1cccc(CN=C=O)c1N=C=O. The number of isocyanates is 2. The van der Waals surface area contributed by atoms with Crippen LogP contribution in [0.5, 0.6) is 0 Å². The highest BCUT2D eigenvalue weighted by atomic mass is 16.1. The van der Waals surface area contributed by atoms with E-state index in [1.165, 1.54) is 12.2 Å². The Morgan fingerprint density at radius 3 is 2.62 bits per heavy atom. The fourth-order valence-electron chi connectivity index (χ4n) is 1.40. The molecule has 4 nitrogen and oxygen atoms in total. The van der Waals surface area contributed by atoms with E-state index in [9.17, 15) is 9.59 Å².